The number of urea groups is 1. The lowest BCUT2D eigenvalue weighted by Gasteiger charge is -2.07. The van der Waals surface area contributed by atoms with Crippen LogP contribution < -0.4 is 15.4 Å². The van der Waals surface area contributed by atoms with Crippen molar-refractivity contribution in [3.8, 4) is 5.75 Å². The number of ether oxygens (including phenoxy) is 2. The molecule has 2 N–H and O–H groups in total. The number of hydrogen-bond donors (Lipinski definition) is 2. The predicted molar refractivity (Wildman–Crippen MR) is 104 cm³/mol. The van der Waals surface area contributed by atoms with Crippen molar-refractivity contribution in [3.63, 3.8) is 0 Å². The molecule has 28 heavy (non-hydrogen) atoms. The highest BCUT2D eigenvalue weighted by Gasteiger charge is 2.09. The number of esters is 1. The third-order valence-electron chi connectivity index (χ3n) is 3.51. The Morgan fingerprint density at radius 2 is 1.71 bits per heavy atom. The third-order valence-corrected chi connectivity index (χ3v) is 3.51. The Labute approximate surface area is 163 Å². The maximum Gasteiger partial charge on any atom is 0.331 e. The lowest BCUT2D eigenvalue weighted by Crippen LogP contribution is -2.41. The summed E-state index contributed by atoms with van der Waals surface area (Å²) < 4.78 is 10.3. The van der Waals surface area contributed by atoms with E-state index >= 15 is 0 Å². The molecule has 0 aliphatic heterocycles. The SMILES string of the molecule is CCOc1ccccc1C=CC(=O)OCC(=O)NC(=O)NCc1ccccc1. The van der Waals surface area contributed by atoms with Gasteiger partial charge in [-0.2, -0.15) is 0 Å². The summed E-state index contributed by atoms with van der Waals surface area (Å²) in [4.78, 5) is 35.1. The molecule has 0 heterocycles. The molecular weight excluding hydrogens is 360 g/mol. The van der Waals surface area contributed by atoms with Crippen molar-refractivity contribution < 1.29 is 23.9 Å². The molecule has 0 bridgehead atoms. The van der Waals surface area contributed by atoms with E-state index in [1.54, 1.807) is 12.1 Å². The summed E-state index contributed by atoms with van der Waals surface area (Å²) in [5.41, 5.74) is 1.61. The molecule has 0 aliphatic carbocycles. The molecule has 0 aliphatic rings. The van der Waals surface area contributed by atoms with Crippen LogP contribution in [-0.4, -0.2) is 31.1 Å². The Morgan fingerprint density at radius 1 is 1.00 bits per heavy atom. The average molecular weight is 382 g/mol. The zero-order valence-corrected chi connectivity index (χ0v) is 15.5. The zero-order valence-electron chi connectivity index (χ0n) is 15.5. The fourth-order valence-corrected chi connectivity index (χ4v) is 2.23. The quantitative estimate of drug-likeness (QED) is 0.541. The van der Waals surface area contributed by atoms with E-state index in [-0.39, 0.29) is 6.54 Å². The van der Waals surface area contributed by atoms with Crippen molar-refractivity contribution in [2.24, 2.45) is 0 Å². The van der Waals surface area contributed by atoms with Gasteiger partial charge in [-0.1, -0.05) is 48.5 Å². The van der Waals surface area contributed by atoms with Crippen molar-refractivity contribution in [3.05, 3.63) is 71.8 Å². The van der Waals surface area contributed by atoms with Gasteiger partial charge in [0.15, 0.2) is 6.61 Å². The van der Waals surface area contributed by atoms with Crippen LogP contribution in [0.15, 0.2) is 60.7 Å². The van der Waals surface area contributed by atoms with E-state index in [2.05, 4.69) is 10.6 Å². The zero-order chi connectivity index (χ0) is 20.2. The van der Waals surface area contributed by atoms with Gasteiger partial charge in [0.1, 0.15) is 5.75 Å². The minimum absolute atomic E-state index is 0.279. The van der Waals surface area contributed by atoms with Crippen LogP contribution in [0, 0.1) is 0 Å². The van der Waals surface area contributed by atoms with Crippen LogP contribution in [0.1, 0.15) is 18.1 Å². The minimum Gasteiger partial charge on any atom is -0.493 e. The first kappa shape index (κ1) is 20.7. The minimum atomic E-state index is -0.720. The maximum absolute atomic E-state index is 11.8. The van der Waals surface area contributed by atoms with Crippen LogP contribution in [0.5, 0.6) is 5.75 Å². The first-order chi connectivity index (χ1) is 13.6. The molecule has 2 aromatic carbocycles. The summed E-state index contributed by atoms with van der Waals surface area (Å²) in [5, 5.41) is 4.64. The van der Waals surface area contributed by atoms with E-state index in [4.69, 9.17) is 9.47 Å². The highest BCUT2D eigenvalue weighted by Crippen LogP contribution is 2.19. The highest BCUT2D eigenvalue weighted by molar-refractivity contribution is 5.96. The third kappa shape index (κ3) is 7.33. The molecule has 0 aromatic heterocycles. The highest BCUT2D eigenvalue weighted by atomic mass is 16.5. The number of amides is 3. The summed E-state index contributed by atoms with van der Waals surface area (Å²) in [6.45, 7) is 2.09. The monoisotopic (exact) mass is 382 g/mol. The van der Waals surface area contributed by atoms with E-state index in [9.17, 15) is 14.4 Å². The molecule has 7 nitrogen and oxygen atoms in total. The topological polar surface area (TPSA) is 93.7 Å². The number of hydrogen-bond acceptors (Lipinski definition) is 5. The fourth-order valence-electron chi connectivity index (χ4n) is 2.23. The molecule has 0 unspecified atom stereocenters. The van der Waals surface area contributed by atoms with Gasteiger partial charge in [0, 0.05) is 18.2 Å². The van der Waals surface area contributed by atoms with Crippen molar-refractivity contribution in [2.75, 3.05) is 13.2 Å². The van der Waals surface area contributed by atoms with Crippen LogP contribution >= 0.6 is 0 Å². The van der Waals surface area contributed by atoms with E-state index in [0.29, 0.717) is 17.9 Å². The largest absolute Gasteiger partial charge is 0.493 e. The Bertz CT molecular complexity index is 834. The van der Waals surface area contributed by atoms with Crippen molar-refractivity contribution >= 4 is 24.0 Å². The molecule has 3 amide bonds. The van der Waals surface area contributed by atoms with E-state index < -0.39 is 24.5 Å². The fraction of sp³-hybridized carbons (Fsp3) is 0.190. The van der Waals surface area contributed by atoms with Crippen LogP contribution in [0.2, 0.25) is 0 Å². The molecule has 2 rings (SSSR count). The first-order valence-electron chi connectivity index (χ1n) is 8.76. The van der Waals surface area contributed by atoms with E-state index in [1.165, 1.54) is 12.2 Å². The second kappa shape index (κ2) is 11.2. The summed E-state index contributed by atoms with van der Waals surface area (Å²) >= 11 is 0. The predicted octanol–water partition coefficient (Wildman–Crippen LogP) is 2.67. The summed E-state index contributed by atoms with van der Waals surface area (Å²) in [6, 6.07) is 15.8. The molecule has 0 atom stereocenters. The van der Waals surface area contributed by atoms with Gasteiger partial charge in [0.25, 0.3) is 5.91 Å². The van der Waals surface area contributed by atoms with Crippen LogP contribution in [0.25, 0.3) is 6.08 Å². The number of para-hydroxylation sites is 1. The molecule has 2 aromatic rings. The molecular formula is C21H22N2O5. The summed E-state index contributed by atoms with van der Waals surface area (Å²) in [6.07, 6.45) is 2.73. The number of imide groups is 1. The van der Waals surface area contributed by atoms with E-state index in [1.807, 2.05) is 49.4 Å². The van der Waals surface area contributed by atoms with Gasteiger partial charge in [-0.3, -0.25) is 10.1 Å². The Kier molecular flexibility index (Phi) is 8.26. The molecule has 7 heteroatoms. The number of benzene rings is 2. The first-order valence-corrected chi connectivity index (χ1v) is 8.76. The molecule has 146 valence electrons. The van der Waals surface area contributed by atoms with Gasteiger partial charge in [-0.25, -0.2) is 9.59 Å². The number of nitrogens with one attached hydrogen (secondary N) is 2. The number of carbonyl (C=O) groups is 3. The lowest BCUT2D eigenvalue weighted by molar-refractivity contribution is -0.143. The van der Waals surface area contributed by atoms with Crippen LogP contribution in [0.3, 0.4) is 0 Å². The Morgan fingerprint density at radius 3 is 2.46 bits per heavy atom. The van der Waals surface area contributed by atoms with Crippen molar-refractivity contribution in [1.82, 2.24) is 10.6 Å². The van der Waals surface area contributed by atoms with Gasteiger partial charge >= 0.3 is 12.0 Å². The van der Waals surface area contributed by atoms with Crippen molar-refractivity contribution in [2.45, 2.75) is 13.5 Å². The number of carbonyl (C=O) groups excluding carboxylic acids is 3. The molecule has 0 saturated heterocycles. The molecule has 0 spiro atoms. The second-order valence-electron chi connectivity index (χ2n) is 5.63. The average Bonchev–Trinajstić information content (AvgIpc) is 2.71. The van der Waals surface area contributed by atoms with Gasteiger partial charge in [-0.15, -0.1) is 0 Å². The molecule has 0 fully saturated rings. The summed E-state index contributed by atoms with van der Waals surface area (Å²) in [5.74, 6) is -0.782. The number of rotatable bonds is 8. The normalized spacial score (nSPS) is 10.3. The van der Waals surface area contributed by atoms with Gasteiger partial charge < -0.3 is 14.8 Å². The maximum atomic E-state index is 11.8. The standard InChI is InChI=1S/C21H22N2O5/c1-2-27-18-11-7-6-10-17(18)12-13-20(25)28-15-19(24)23-21(26)22-14-16-8-4-3-5-9-16/h3-13H,2,14-15H2,1H3,(H2,22,23,24,26). The van der Waals surface area contributed by atoms with Gasteiger partial charge in [0.2, 0.25) is 0 Å². The van der Waals surface area contributed by atoms with E-state index in [0.717, 1.165) is 5.56 Å². The van der Waals surface area contributed by atoms with Gasteiger partial charge in [-0.05, 0) is 24.6 Å². The second-order valence-corrected chi connectivity index (χ2v) is 5.63. The van der Waals surface area contributed by atoms with Crippen molar-refractivity contribution in [1.29, 1.82) is 0 Å². The smallest absolute Gasteiger partial charge is 0.331 e. The van der Waals surface area contributed by atoms with Crippen LogP contribution in [-0.2, 0) is 20.9 Å². The van der Waals surface area contributed by atoms with Crippen LogP contribution in [0.4, 0.5) is 4.79 Å². The summed E-state index contributed by atoms with van der Waals surface area (Å²) in [7, 11) is 0. The molecule has 0 radical (unpaired) electrons. The Balaban J connectivity index is 1.73. The molecule has 0 saturated carbocycles. The Hall–Kier alpha value is -3.61. The lowest BCUT2D eigenvalue weighted by atomic mass is 10.2. The van der Waals surface area contributed by atoms with Gasteiger partial charge in [0.05, 0.1) is 6.61 Å².